The molecular weight excluding hydrogens is 301 g/mol. The lowest BCUT2D eigenvalue weighted by Crippen LogP contribution is -2.08. The fraction of sp³-hybridized carbons (Fsp3) is 0.267. The first-order chi connectivity index (χ1) is 9.88. The SMILES string of the molecule is C\C=C/N=C(Cl)/C(=C/CC)Nc1ccc(C(F)(F)F)cc1. The lowest BCUT2D eigenvalue weighted by atomic mass is 10.2. The largest absolute Gasteiger partial charge is 0.416 e. The summed E-state index contributed by atoms with van der Waals surface area (Å²) in [6.07, 6.45) is 1.45. The Morgan fingerprint density at radius 3 is 2.38 bits per heavy atom. The summed E-state index contributed by atoms with van der Waals surface area (Å²) in [5, 5.41) is 3.21. The topological polar surface area (TPSA) is 24.4 Å². The maximum Gasteiger partial charge on any atom is 0.416 e. The van der Waals surface area contributed by atoms with Crippen LogP contribution in [0, 0.1) is 0 Å². The minimum absolute atomic E-state index is 0.245. The van der Waals surface area contributed by atoms with Crippen LogP contribution in [0.1, 0.15) is 25.8 Å². The second-order valence-electron chi connectivity index (χ2n) is 4.13. The minimum Gasteiger partial charge on any atom is -0.353 e. The number of alkyl halides is 3. The predicted molar refractivity (Wildman–Crippen MR) is 81.5 cm³/mol. The number of anilines is 1. The normalized spacial score (nSPS) is 13.8. The van der Waals surface area contributed by atoms with E-state index in [4.69, 9.17) is 11.6 Å². The molecule has 1 N–H and O–H groups in total. The summed E-state index contributed by atoms with van der Waals surface area (Å²) in [5.41, 5.74) is 0.372. The van der Waals surface area contributed by atoms with Gasteiger partial charge in [-0.05, 0) is 37.6 Å². The molecule has 0 unspecified atom stereocenters. The molecule has 0 saturated carbocycles. The van der Waals surface area contributed by atoms with E-state index >= 15 is 0 Å². The zero-order chi connectivity index (χ0) is 15.9. The lowest BCUT2D eigenvalue weighted by molar-refractivity contribution is -0.137. The highest BCUT2D eigenvalue weighted by atomic mass is 35.5. The quantitative estimate of drug-likeness (QED) is 0.704. The first kappa shape index (κ1) is 17.3. The Kier molecular flexibility index (Phi) is 6.49. The van der Waals surface area contributed by atoms with Crippen molar-refractivity contribution in [3.63, 3.8) is 0 Å². The number of benzene rings is 1. The Morgan fingerprint density at radius 2 is 1.90 bits per heavy atom. The summed E-state index contributed by atoms with van der Waals surface area (Å²) in [7, 11) is 0. The van der Waals surface area contributed by atoms with Gasteiger partial charge in [0.2, 0.25) is 0 Å². The third-order valence-corrected chi connectivity index (χ3v) is 2.76. The summed E-state index contributed by atoms with van der Waals surface area (Å²) < 4.78 is 37.5. The van der Waals surface area contributed by atoms with Crippen molar-refractivity contribution in [3.05, 3.63) is 53.9 Å². The number of rotatable bonds is 5. The van der Waals surface area contributed by atoms with Gasteiger partial charge in [-0.1, -0.05) is 30.7 Å². The zero-order valence-corrected chi connectivity index (χ0v) is 12.5. The van der Waals surface area contributed by atoms with Crippen molar-refractivity contribution in [2.45, 2.75) is 26.4 Å². The summed E-state index contributed by atoms with van der Waals surface area (Å²) in [5.74, 6) is 0. The molecule has 6 heteroatoms. The zero-order valence-electron chi connectivity index (χ0n) is 11.7. The molecule has 0 bridgehead atoms. The summed E-state index contributed by atoms with van der Waals surface area (Å²) in [6.45, 7) is 3.73. The van der Waals surface area contributed by atoms with Crippen LogP contribution in [0.5, 0.6) is 0 Å². The fourth-order valence-electron chi connectivity index (χ4n) is 1.50. The maximum atomic E-state index is 12.5. The molecule has 0 saturated heterocycles. The Morgan fingerprint density at radius 1 is 1.29 bits per heavy atom. The van der Waals surface area contributed by atoms with E-state index in [9.17, 15) is 13.2 Å². The van der Waals surface area contributed by atoms with E-state index in [-0.39, 0.29) is 5.17 Å². The summed E-state index contributed by atoms with van der Waals surface area (Å²) in [4.78, 5) is 4.01. The predicted octanol–water partition coefficient (Wildman–Crippen LogP) is 5.58. The monoisotopic (exact) mass is 316 g/mol. The molecular formula is C15H16ClF3N2. The van der Waals surface area contributed by atoms with Gasteiger partial charge in [-0.25, -0.2) is 4.99 Å². The fourth-order valence-corrected chi connectivity index (χ4v) is 1.68. The smallest absolute Gasteiger partial charge is 0.353 e. The maximum absolute atomic E-state index is 12.5. The highest BCUT2D eigenvalue weighted by Crippen LogP contribution is 2.30. The van der Waals surface area contributed by atoms with E-state index in [1.165, 1.54) is 12.1 Å². The van der Waals surface area contributed by atoms with Crippen molar-refractivity contribution in [1.82, 2.24) is 0 Å². The van der Waals surface area contributed by atoms with Crippen LogP contribution in [-0.2, 0) is 6.18 Å². The standard InChI is InChI=1S/C15H16ClF3N2/c1-3-5-13(14(16)20-10-4-2)21-12-8-6-11(7-9-12)15(17,18)19/h4-10,21H,3H2,1-2H3/b10-4-,13-5-,20-14-. The van der Waals surface area contributed by atoms with Crippen LogP contribution in [-0.4, -0.2) is 5.17 Å². The van der Waals surface area contributed by atoms with Crippen molar-refractivity contribution in [2.75, 3.05) is 5.32 Å². The van der Waals surface area contributed by atoms with E-state index in [1.54, 1.807) is 19.2 Å². The highest BCUT2D eigenvalue weighted by Gasteiger charge is 2.29. The molecule has 114 valence electrons. The molecule has 1 rings (SSSR count). The second kappa shape index (κ2) is 7.88. The van der Waals surface area contributed by atoms with E-state index in [0.717, 1.165) is 12.1 Å². The Bertz CT molecular complexity index is 543. The Balaban J connectivity index is 2.93. The van der Waals surface area contributed by atoms with Gasteiger partial charge >= 0.3 is 6.18 Å². The third kappa shape index (κ3) is 5.63. The Hall–Kier alpha value is -1.75. The number of hydrogen-bond acceptors (Lipinski definition) is 2. The molecule has 0 aliphatic carbocycles. The first-order valence-electron chi connectivity index (χ1n) is 6.37. The molecule has 0 aliphatic rings. The minimum atomic E-state index is -4.34. The lowest BCUT2D eigenvalue weighted by Gasteiger charge is -2.11. The summed E-state index contributed by atoms with van der Waals surface area (Å²) >= 11 is 6.05. The van der Waals surface area contributed by atoms with E-state index in [2.05, 4.69) is 10.3 Å². The van der Waals surface area contributed by atoms with Gasteiger partial charge in [-0.3, -0.25) is 0 Å². The van der Waals surface area contributed by atoms with Gasteiger partial charge in [0.1, 0.15) is 0 Å². The Labute approximate surface area is 127 Å². The molecule has 0 aromatic heterocycles. The third-order valence-electron chi connectivity index (χ3n) is 2.46. The molecule has 0 heterocycles. The number of nitrogens with one attached hydrogen (secondary N) is 1. The van der Waals surface area contributed by atoms with Gasteiger partial charge in [0.15, 0.2) is 5.17 Å². The van der Waals surface area contributed by atoms with Crippen LogP contribution in [0.15, 0.2) is 53.3 Å². The van der Waals surface area contributed by atoms with Gasteiger partial charge in [-0.2, -0.15) is 13.2 Å². The van der Waals surface area contributed by atoms with Crippen LogP contribution in [0.2, 0.25) is 0 Å². The number of aliphatic imine (C=N–C) groups is 1. The van der Waals surface area contributed by atoms with E-state index in [1.807, 2.05) is 13.0 Å². The molecule has 1 aromatic rings. The van der Waals surface area contributed by atoms with Crippen LogP contribution < -0.4 is 5.32 Å². The molecule has 0 radical (unpaired) electrons. The molecule has 0 aliphatic heterocycles. The van der Waals surface area contributed by atoms with Gasteiger partial charge in [-0.15, -0.1) is 0 Å². The average molecular weight is 317 g/mol. The van der Waals surface area contributed by atoms with E-state index in [0.29, 0.717) is 17.8 Å². The van der Waals surface area contributed by atoms with E-state index < -0.39 is 11.7 Å². The number of allylic oxidation sites excluding steroid dienone is 3. The molecule has 0 spiro atoms. The molecule has 1 aromatic carbocycles. The average Bonchev–Trinajstić information content (AvgIpc) is 2.44. The highest BCUT2D eigenvalue weighted by molar-refractivity contribution is 6.70. The van der Waals surface area contributed by atoms with Crippen molar-refractivity contribution >= 4 is 22.5 Å². The first-order valence-corrected chi connectivity index (χ1v) is 6.75. The molecule has 2 nitrogen and oxygen atoms in total. The van der Waals surface area contributed by atoms with Gasteiger partial charge < -0.3 is 5.32 Å². The van der Waals surface area contributed by atoms with Gasteiger partial charge in [0, 0.05) is 11.9 Å². The van der Waals surface area contributed by atoms with Crippen LogP contribution in [0.3, 0.4) is 0 Å². The van der Waals surface area contributed by atoms with Crippen molar-refractivity contribution in [2.24, 2.45) is 4.99 Å². The molecule has 21 heavy (non-hydrogen) atoms. The van der Waals surface area contributed by atoms with Gasteiger partial charge in [0.05, 0.1) is 11.3 Å². The van der Waals surface area contributed by atoms with Crippen LogP contribution in [0.4, 0.5) is 18.9 Å². The molecule has 0 atom stereocenters. The number of hydrogen-bond donors (Lipinski definition) is 1. The van der Waals surface area contributed by atoms with Crippen LogP contribution in [0.25, 0.3) is 0 Å². The van der Waals surface area contributed by atoms with Crippen molar-refractivity contribution < 1.29 is 13.2 Å². The van der Waals surface area contributed by atoms with Gasteiger partial charge in [0.25, 0.3) is 0 Å². The number of nitrogens with zero attached hydrogens (tertiary/aromatic N) is 1. The second-order valence-corrected chi connectivity index (χ2v) is 4.49. The van der Waals surface area contributed by atoms with Crippen molar-refractivity contribution in [3.8, 4) is 0 Å². The number of halogens is 4. The summed E-state index contributed by atoms with van der Waals surface area (Å²) in [6, 6.07) is 4.74. The van der Waals surface area contributed by atoms with Crippen LogP contribution >= 0.6 is 11.6 Å². The molecule has 0 amide bonds. The molecule has 0 fully saturated rings. The van der Waals surface area contributed by atoms with Crippen molar-refractivity contribution in [1.29, 1.82) is 0 Å².